The minimum atomic E-state index is -0.799. The van der Waals surface area contributed by atoms with Crippen LogP contribution in [0.4, 0.5) is 0 Å². The summed E-state index contributed by atoms with van der Waals surface area (Å²) in [5.41, 5.74) is -0.372. The van der Waals surface area contributed by atoms with E-state index in [0.29, 0.717) is 55.6 Å². The number of carboxylic acid groups (broad SMARTS) is 1. The van der Waals surface area contributed by atoms with Crippen LogP contribution in [0.5, 0.6) is 17.2 Å². The number of hydrogen-bond acceptors (Lipinski definition) is 5. The van der Waals surface area contributed by atoms with Gasteiger partial charge in [0.25, 0.3) is 5.91 Å². The van der Waals surface area contributed by atoms with Crippen molar-refractivity contribution in [3.8, 4) is 17.2 Å². The molecule has 0 spiro atoms. The van der Waals surface area contributed by atoms with Crippen molar-refractivity contribution in [3.05, 3.63) is 17.7 Å². The number of likely N-dealkylation sites (tertiary alicyclic amines) is 1. The van der Waals surface area contributed by atoms with E-state index in [-0.39, 0.29) is 18.4 Å². The molecule has 0 unspecified atom stereocenters. The second kappa shape index (κ2) is 8.29. The van der Waals surface area contributed by atoms with Gasteiger partial charge in [-0.15, -0.1) is 0 Å². The highest BCUT2D eigenvalue weighted by molar-refractivity contribution is 5.96. The Hall–Kier alpha value is -2.44. The molecule has 154 valence electrons. The molecule has 2 fully saturated rings. The fourth-order valence-corrected chi connectivity index (χ4v) is 4.49. The first-order valence-corrected chi connectivity index (χ1v) is 10.1. The van der Waals surface area contributed by atoms with Gasteiger partial charge in [0.05, 0.1) is 25.2 Å². The normalized spacial score (nSPS) is 23.4. The molecule has 1 saturated carbocycles. The highest BCUT2D eigenvalue weighted by Crippen LogP contribution is 2.49. The van der Waals surface area contributed by atoms with Crippen molar-refractivity contribution in [2.45, 2.75) is 40.0 Å². The maximum absolute atomic E-state index is 13.2. The van der Waals surface area contributed by atoms with E-state index in [1.165, 1.54) is 0 Å². The van der Waals surface area contributed by atoms with Crippen LogP contribution in [0.2, 0.25) is 0 Å². The second-order valence-electron chi connectivity index (χ2n) is 7.34. The fraction of sp³-hybridized carbons (Fsp3) is 0.619. The molecular weight excluding hydrogens is 362 g/mol. The predicted molar refractivity (Wildman–Crippen MR) is 103 cm³/mol. The number of ether oxygens (including phenoxy) is 3. The minimum Gasteiger partial charge on any atom is -0.490 e. The van der Waals surface area contributed by atoms with E-state index < -0.39 is 11.4 Å². The van der Waals surface area contributed by atoms with Gasteiger partial charge in [-0.1, -0.05) is 6.42 Å². The molecule has 1 N–H and O–H groups in total. The first-order valence-electron chi connectivity index (χ1n) is 10.1. The summed E-state index contributed by atoms with van der Waals surface area (Å²) in [5, 5.41) is 9.77. The molecule has 1 aromatic rings. The summed E-state index contributed by atoms with van der Waals surface area (Å²) in [5.74, 6) is 0.455. The van der Waals surface area contributed by atoms with Gasteiger partial charge in [-0.25, -0.2) is 0 Å². The Kier molecular flexibility index (Phi) is 6.01. The Balaban J connectivity index is 1.92. The third-order valence-electron chi connectivity index (χ3n) is 5.74. The zero-order valence-electron chi connectivity index (χ0n) is 16.8. The zero-order valence-corrected chi connectivity index (χ0v) is 16.8. The standard InChI is InChI=1S/C21H29NO6/c1-4-26-16-10-14(11-17(27-5-2)18(16)28-6-3)19(23)22-12-15-8-7-9-21(15,13-22)20(24)25/h10-11,15H,4-9,12-13H2,1-3H3,(H,24,25)/t15-,21+/m0/s1. The molecule has 3 rings (SSSR count). The molecular formula is C21H29NO6. The van der Waals surface area contributed by atoms with Crippen molar-refractivity contribution in [2.24, 2.45) is 11.3 Å². The van der Waals surface area contributed by atoms with E-state index in [1.54, 1.807) is 17.0 Å². The third-order valence-corrected chi connectivity index (χ3v) is 5.74. The minimum absolute atomic E-state index is 0.0226. The first kappa shape index (κ1) is 20.3. The van der Waals surface area contributed by atoms with E-state index in [2.05, 4.69) is 0 Å². The van der Waals surface area contributed by atoms with Crippen molar-refractivity contribution < 1.29 is 28.9 Å². The number of amides is 1. The van der Waals surface area contributed by atoms with Gasteiger partial charge in [0, 0.05) is 18.7 Å². The van der Waals surface area contributed by atoms with Crippen LogP contribution in [0.25, 0.3) is 0 Å². The van der Waals surface area contributed by atoms with Crippen LogP contribution in [0.15, 0.2) is 12.1 Å². The van der Waals surface area contributed by atoms with Crippen molar-refractivity contribution in [3.63, 3.8) is 0 Å². The molecule has 7 nitrogen and oxygen atoms in total. The molecule has 1 aromatic carbocycles. The van der Waals surface area contributed by atoms with Gasteiger partial charge < -0.3 is 24.2 Å². The SMILES string of the molecule is CCOc1cc(C(=O)N2C[C@@H]3CCC[C@@]3(C(=O)O)C2)cc(OCC)c1OCC. The second-order valence-corrected chi connectivity index (χ2v) is 7.34. The quantitative estimate of drug-likeness (QED) is 0.732. The average Bonchev–Trinajstić information content (AvgIpc) is 3.22. The lowest BCUT2D eigenvalue weighted by Gasteiger charge is -2.24. The van der Waals surface area contributed by atoms with E-state index >= 15 is 0 Å². The van der Waals surface area contributed by atoms with E-state index in [4.69, 9.17) is 14.2 Å². The largest absolute Gasteiger partial charge is 0.490 e. The molecule has 1 amide bonds. The van der Waals surface area contributed by atoms with Crippen LogP contribution in [-0.4, -0.2) is 54.8 Å². The molecule has 0 aromatic heterocycles. The summed E-state index contributed by atoms with van der Waals surface area (Å²) in [6.07, 6.45) is 2.40. The molecule has 0 bridgehead atoms. The van der Waals surface area contributed by atoms with E-state index in [1.807, 2.05) is 20.8 Å². The number of fused-ring (bicyclic) bond motifs is 1. The number of aliphatic carboxylic acids is 1. The molecule has 28 heavy (non-hydrogen) atoms. The monoisotopic (exact) mass is 391 g/mol. The summed E-state index contributed by atoms with van der Waals surface area (Å²) in [4.78, 5) is 26.8. The lowest BCUT2D eigenvalue weighted by Crippen LogP contribution is -2.37. The van der Waals surface area contributed by atoms with Crippen LogP contribution in [0.3, 0.4) is 0 Å². The van der Waals surface area contributed by atoms with Gasteiger partial charge >= 0.3 is 5.97 Å². The van der Waals surface area contributed by atoms with Crippen molar-refractivity contribution in [1.82, 2.24) is 4.90 Å². The van der Waals surface area contributed by atoms with Crippen molar-refractivity contribution in [1.29, 1.82) is 0 Å². The van der Waals surface area contributed by atoms with Gasteiger partial charge in [-0.3, -0.25) is 9.59 Å². The van der Waals surface area contributed by atoms with Crippen LogP contribution >= 0.6 is 0 Å². The number of hydrogen-bond donors (Lipinski definition) is 1. The Bertz CT molecular complexity index is 721. The number of nitrogens with zero attached hydrogens (tertiary/aromatic N) is 1. The Morgan fingerprint density at radius 1 is 1.11 bits per heavy atom. The Morgan fingerprint density at radius 2 is 1.71 bits per heavy atom. The fourth-order valence-electron chi connectivity index (χ4n) is 4.49. The molecule has 2 atom stereocenters. The number of rotatable bonds is 8. The van der Waals surface area contributed by atoms with Crippen LogP contribution in [0.1, 0.15) is 50.4 Å². The first-order chi connectivity index (χ1) is 13.5. The lowest BCUT2D eigenvalue weighted by atomic mass is 9.81. The molecule has 2 aliphatic rings. The predicted octanol–water partition coefficient (Wildman–Crippen LogP) is 3.21. The lowest BCUT2D eigenvalue weighted by molar-refractivity contribution is -0.149. The highest BCUT2D eigenvalue weighted by Gasteiger charge is 2.55. The van der Waals surface area contributed by atoms with Crippen molar-refractivity contribution >= 4 is 11.9 Å². The molecule has 1 aliphatic heterocycles. The molecule has 1 aliphatic carbocycles. The van der Waals surface area contributed by atoms with Gasteiger partial charge in [0.1, 0.15) is 0 Å². The van der Waals surface area contributed by atoms with E-state index in [0.717, 1.165) is 12.8 Å². The maximum atomic E-state index is 13.2. The van der Waals surface area contributed by atoms with Gasteiger partial charge in [0.15, 0.2) is 11.5 Å². The number of carbonyl (C=O) groups is 2. The van der Waals surface area contributed by atoms with Crippen molar-refractivity contribution in [2.75, 3.05) is 32.9 Å². The van der Waals surface area contributed by atoms with Gasteiger partial charge in [0.2, 0.25) is 5.75 Å². The zero-order chi connectivity index (χ0) is 20.3. The summed E-state index contributed by atoms with van der Waals surface area (Å²) < 4.78 is 17.1. The summed E-state index contributed by atoms with van der Waals surface area (Å²) in [7, 11) is 0. The number of carbonyl (C=O) groups excluding carboxylic acids is 1. The van der Waals surface area contributed by atoms with E-state index in [9.17, 15) is 14.7 Å². The van der Waals surface area contributed by atoms with Crippen LogP contribution < -0.4 is 14.2 Å². The van der Waals surface area contributed by atoms with Gasteiger partial charge in [-0.2, -0.15) is 0 Å². The third kappa shape index (κ3) is 3.50. The van der Waals surface area contributed by atoms with Gasteiger partial charge in [-0.05, 0) is 51.7 Å². The molecule has 1 saturated heterocycles. The van der Waals surface area contributed by atoms with Crippen LogP contribution in [-0.2, 0) is 4.79 Å². The highest BCUT2D eigenvalue weighted by atomic mass is 16.5. The molecule has 7 heteroatoms. The average molecular weight is 391 g/mol. The Morgan fingerprint density at radius 3 is 2.21 bits per heavy atom. The number of benzene rings is 1. The topological polar surface area (TPSA) is 85.3 Å². The number of carboxylic acids is 1. The maximum Gasteiger partial charge on any atom is 0.311 e. The summed E-state index contributed by atoms with van der Waals surface area (Å²) >= 11 is 0. The van der Waals surface area contributed by atoms with Crippen LogP contribution in [0, 0.1) is 11.3 Å². The summed E-state index contributed by atoms with van der Waals surface area (Å²) in [6.45, 7) is 7.64. The Labute approximate surface area is 165 Å². The molecule has 0 radical (unpaired) electrons. The molecule has 1 heterocycles. The smallest absolute Gasteiger partial charge is 0.311 e. The summed E-state index contributed by atoms with van der Waals surface area (Å²) in [6, 6.07) is 3.34.